The zero-order chi connectivity index (χ0) is 13.8. The molecule has 1 saturated carbocycles. The predicted octanol–water partition coefficient (Wildman–Crippen LogP) is 1.69. The highest BCUT2D eigenvalue weighted by molar-refractivity contribution is 5.73. The third kappa shape index (κ3) is 3.62. The van der Waals surface area contributed by atoms with Crippen molar-refractivity contribution < 1.29 is 4.79 Å². The van der Waals surface area contributed by atoms with Crippen LogP contribution in [0.5, 0.6) is 0 Å². The summed E-state index contributed by atoms with van der Waals surface area (Å²) < 4.78 is 0. The van der Waals surface area contributed by atoms with Gasteiger partial charge >= 0.3 is 6.03 Å². The second kappa shape index (κ2) is 6.11. The lowest BCUT2D eigenvalue weighted by Gasteiger charge is -2.17. The zero-order valence-electron chi connectivity index (χ0n) is 11.7. The minimum Gasteiger partial charge on any atom is -0.370 e. The maximum atomic E-state index is 11.5. The highest BCUT2D eigenvalue weighted by Gasteiger charge is 2.21. The van der Waals surface area contributed by atoms with Crippen molar-refractivity contribution in [2.24, 2.45) is 5.92 Å². The van der Waals surface area contributed by atoms with E-state index in [1.807, 2.05) is 0 Å². The standard InChI is InChI=1S/C15H22N4O/c20-15(18-10-11-3-4-11)17-9-7-13-6-5-12-2-1-8-16-14(12)19-13/h5-6,11H,1-4,7-10H2,(H,16,19)(H2,17,18,20). The maximum Gasteiger partial charge on any atom is 0.314 e. The Bertz CT molecular complexity index is 485. The van der Waals surface area contributed by atoms with Gasteiger partial charge in [-0.15, -0.1) is 0 Å². The summed E-state index contributed by atoms with van der Waals surface area (Å²) in [6.07, 6.45) is 5.57. The van der Waals surface area contributed by atoms with Crippen LogP contribution >= 0.6 is 0 Å². The van der Waals surface area contributed by atoms with Crippen molar-refractivity contribution in [1.29, 1.82) is 0 Å². The fraction of sp³-hybridized carbons (Fsp3) is 0.600. The van der Waals surface area contributed by atoms with E-state index in [4.69, 9.17) is 0 Å². The molecule has 2 heterocycles. The van der Waals surface area contributed by atoms with Crippen LogP contribution in [0.25, 0.3) is 0 Å². The Morgan fingerprint density at radius 1 is 1.35 bits per heavy atom. The average Bonchev–Trinajstić information content (AvgIpc) is 3.29. The molecule has 0 spiro atoms. The Morgan fingerprint density at radius 2 is 2.25 bits per heavy atom. The molecule has 0 saturated heterocycles. The van der Waals surface area contributed by atoms with Crippen LogP contribution in [0, 0.1) is 5.92 Å². The van der Waals surface area contributed by atoms with Crippen molar-refractivity contribution in [2.75, 3.05) is 25.0 Å². The molecule has 5 heteroatoms. The fourth-order valence-electron chi connectivity index (χ4n) is 2.43. The monoisotopic (exact) mass is 274 g/mol. The van der Waals surface area contributed by atoms with Crippen molar-refractivity contribution >= 4 is 11.8 Å². The quantitative estimate of drug-likeness (QED) is 0.765. The number of carbonyl (C=O) groups excluding carboxylic acids is 1. The van der Waals surface area contributed by atoms with E-state index in [0.29, 0.717) is 12.5 Å². The lowest BCUT2D eigenvalue weighted by molar-refractivity contribution is 0.240. The number of hydrogen-bond acceptors (Lipinski definition) is 3. The molecule has 0 unspecified atom stereocenters. The van der Waals surface area contributed by atoms with Crippen molar-refractivity contribution in [3.63, 3.8) is 0 Å². The van der Waals surface area contributed by atoms with Gasteiger partial charge in [-0.1, -0.05) is 6.07 Å². The lowest BCUT2D eigenvalue weighted by atomic mass is 10.1. The molecule has 2 amide bonds. The van der Waals surface area contributed by atoms with Crippen LogP contribution in [0.1, 0.15) is 30.5 Å². The summed E-state index contributed by atoms with van der Waals surface area (Å²) in [5.74, 6) is 1.74. The van der Waals surface area contributed by atoms with Crippen LogP contribution in [0.2, 0.25) is 0 Å². The largest absolute Gasteiger partial charge is 0.370 e. The van der Waals surface area contributed by atoms with Gasteiger partial charge in [-0.3, -0.25) is 0 Å². The van der Waals surface area contributed by atoms with Gasteiger partial charge in [0.1, 0.15) is 5.82 Å². The molecule has 0 radical (unpaired) electrons. The summed E-state index contributed by atoms with van der Waals surface area (Å²) in [6, 6.07) is 4.15. The molecule has 0 aromatic carbocycles. The van der Waals surface area contributed by atoms with Gasteiger partial charge in [-0.2, -0.15) is 0 Å². The van der Waals surface area contributed by atoms with Crippen LogP contribution in [-0.4, -0.2) is 30.6 Å². The summed E-state index contributed by atoms with van der Waals surface area (Å²) in [5.41, 5.74) is 2.33. The van der Waals surface area contributed by atoms with E-state index in [1.54, 1.807) is 0 Å². The SMILES string of the molecule is O=C(NCCc1ccc2c(n1)NCCC2)NCC1CC1. The Morgan fingerprint density at radius 3 is 3.10 bits per heavy atom. The van der Waals surface area contributed by atoms with Crippen LogP contribution in [0.4, 0.5) is 10.6 Å². The van der Waals surface area contributed by atoms with E-state index in [1.165, 1.54) is 24.8 Å². The van der Waals surface area contributed by atoms with Crippen LogP contribution in [0.15, 0.2) is 12.1 Å². The predicted molar refractivity (Wildman–Crippen MR) is 78.9 cm³/mol. The number of urea groups is 1. The maximum absolute atomic E-state index is 11.5. The highest BCUT2D eigenvalue weighted by Crippen LogP contribution is 2.27. The molecule has 1 aromatic rings. The molecule has 5 nitrogen and oxygen atoms in total. The van der Waals surface area contributed by atoms with E-state index in [0.717, 1.165) is 37.4 Å². The first-order chi connectivity index (χ1) is 9.81. The average molecular weight is 274 g/mol. The van der Waals surface area contributed by atoms with Crippen LogP contribution in [-0.2, 0) is 12.8 Å². The number of pyridine rings is 1. The second-order valence-electron chi connectivity index (χ2n) is 5.67. The molecule has 108 valence electrons. The summed E-state index contributed by atoms with van der Waals surface area (Å²) in [7, 11) is 0. The molecule has 3 N–H and O–H groups in total. The van der Waals surface area contributed by atoms with Crippen LogP contribution in [0.3, 0.4) is 0 Å². The Kier molecular flexibility index (Phi) is 4.04. The van der Waals surface area contributed by atoms with Gasteiger partial charge in [0.15, 0.2) is 0 Å². The fourth-order valence-corrected chi connectivity index (χ4v) is 2.43. The third-order valence-corrected chi connectivity index (χ3v) is 3.87. The first-order valence-corrected chi connectivity index (χ1v) is 7.55. The van der Waals surface area contributed by atoms with Crippen molar-refractivity contribution in [3.8, 4) is 0 Å². The number of carbonyl (C=O) groups is 1. The van der Waals surface area contributed by atoms with E-state index in [2.05, 4.69) is 33.1 Å². The lowest BCUT2D eigenvalue weighted by Crippen LogP contribution is -2.37. The molecule has 1 aliphatic carbocycles. The van der Waals surface area contributed by atoms with Gasteiger partial charge < -0.3 is 16.0 Å². The minimum atomic E-state index is -0.0621. The van der Waals surface area contributed by atoms with E-state index < -0.39 is 0 Å². The molecule has 1 aromatic heterocycles. The van der Waals surface area contributed by atoms with E-state index >= 15 is 0 Å². The Hall–Kier alpha value is -1.78. The smallest absolute Gasteiger partial charge is 0.314 e. The molecule has 0 atom stereocenters. The molecule has 0 bridgehead atoms. The molecule has 3 rings (SSSR count). The van der Waals surface area contributed by atoms with Gasteiger partial charge in [-0.05, 0) is 43.2 Å². The van der Waals surface area contributed by atoms with Crippen molar-refractivity contribution in [3.05, 3.63) is 23.4 Å². The van der Waals surface area contributed by atoms with Gasteiger partial charge in [0.2, 0.25) is 0 Å². The summed E-state index contributed by atoms with van der Waals surface area (Å²) >= 11 is 0. The molecular formula is C15H22N4O. The first kappa shape index (κ1) is 13.2. The summed E-state index contributed by atoms with van der Waals surface area (Å²) in [5, 5.41) is 9.11. The molecule has 20 heavy (non-hydrogen) atoms. The molecule has 2 aliphatic rings. The van der Waals surface area contributed by atoms with Crippen LogP contribution < -0.4 is 16.0 Å². The number of anilines is 1. The molecular weight excluding hydrogens is 252 g/mol. The number of aryl methyl sites for hydroxylation is 1. The van der Waals surface area contributed by atoms with Crippen molar-refractivity contribution in [1.82, 2.24) is 15.6 Å². The van der Waals surface area contributed by atoms with Gasteiger partial charge in [-0.25, -0.2) is 9.78 Å². The normalized spacial score (nSPS) is 17.0. The van der Waals surface area contributed by atoms with E-state index in [-0.39, 0.29) is 6.03 Å². The number of fused-ring (bicyclic) bond motifs is 1. The number of amides is 2. The number of nitrogens with zero attached hydrogens (tertiary/aromatic N) is 1. The zero-order valence-corrected chi connectivity index (χ0v) is 11.7. The topological polar surface area (TPSA) is 66.0 Å². The minimum absolute atomic E-state index is 0.0621. The third-order valence-electron chi connectivity index (χ3n) is 3.87. The summed E-state index contributed by atoms with van der Waals surface area (Å²) in [6.45, 7) is 2.44. The Balaban J connectivity index is 1.42. The number of rotatable bonds is 5. The number of nitrogens with one attached hydrogen (secondary N) is 3. The van der Waals surface area contributed by atoms with Gasteiger partial charge in [0, 0.05) is 31.7 Å². The second-order valence-corrected chi connectivity index (χ2v) is 5.67. The summed E-state index contributed by atoms with van der Waals surface area (Å²) in [4.78, 5) is 16.2. The Labute approximate surface area is 119 Å². The number of aromatic nitrogens is 1. The van der Waals surface area contributed by atoms with E-state index in [9.17, 15) is 4.79 Å². The van der Waals surface area contributed by atoms with Crippen molar-refractivity contribution in [2.45, 2.75) is 32.1 Å². The van der Waals surface area contributed by atoms with Gasteiger partial charge in [0.05, 0.1) is 0 Å². The highest BCUT2D eigenvalue weighted by atomic mass is 16.2. The molecule has 1 fully saturated rings. The molecule has 1 aliphatic heterocycles. The van der Waals surface area contributed by atoms with Gasteiger partial charge in [0.25, 0.3) is 0 Å². The number of hydrogen-bond donors (Lipinski definition) is 3. The first-order valence-electron chi connectivity index (χ1n) is 7.55.